The summed E-state index contributed by atoms with van der Waals surface area (Å²) >= 11 is 0. The summed E-state index contributed by atoms with van der Waals surface area (Å²) in [6.07, 6.45) is 5.51. The van der Waals surface area contributed by atoms with Crippen LogP contribution in [-0.2, 0) is 38.6 Å². The first-order valence-corrected chi connectivity index (χ1v) is 15.5. The first kappa shape index (κ1) is 33.5. The molecule has 0 fully saturated rings. The van der Waals surface area contributed by atoms with Gasteiger partial charge in [0.2, 0.25) is 11.8 Å². The Morgan fingerprint density at radius 3 is 2.18 bits per heavy atom. The average molecular weight is 613 g/mol. The fourth-order valence-corrected chi connectivity index (χ4v) is 5.23. The second-order valence-corrected chi connectivity index (χ2v) is 12.3. The van der Waals surface area contributed by atoms with Crippen LogP contribution in [0.4, 0.5) is 0 Å². The molecule has 3 aromatic rings. The Hall–Kier alpha value is -4.43. The lowest BCUT2D eigenvalue weighted by Crippen LogP contribution is -2.50. The molecule has 0 unspecified atom stereocenters. The lowest BCUT2D eigenvalue weighted by atomic mass is 9.93. The van der Waals surface area contributed by atoms with Crippen molar-refractivity contribution >= 4 is 17.8 Å². The van der Waals surface area contributed by atoms with E-state index < -0.39 is 17.5 Å². The van der Waals surface area contributed by atoms with E-state index in [0.29, 0.717) is 32.3 Å². The SMILES string of the molecule is CC1(C)COC(=O)[C@H](Cc2ccccc2)CC=CC[C@H](CC(=O)N[C@H](CO)Cc2ccc(OCc3ccccc3)cc2)C(=O)N1. The molecule has 8 heteroatoms. The Balaban J connectivity index is 1.34. The summed E-state index contributed by atoms with van der Waals surface area (Å²) in [6.45, 7) is 3.84. The minimum absolute atomic E-state index is 0.0220. The molecule has 0 aliphatic carbocycles. The molecule has 0 radical (unpaired) electrons. The monoisotopic (exact) mass is 612 g/mol. The maximum atomic E-state index is 13.3. The Kier molecular flexibility index (Phi) is 12.3. The van der Waals surface area contributed by atoms with Crippen molar-refractivity contribution in [3.63, 3.8) is 0 Å². The smallest absolute Gasteiger partial charge is 0.309 e. The van der Waals surface area contributed by atoms with Crippen molar-refractivity contribution in [3.8, 4) is 5.75 Å². The molecule has 3 atom stereocenters. The van der Waals surface area contributed by atoms with E-state index in [2.05, 4.69) is 10.6 Å². The number of esters is 1. The number of amides is 2. The maximum absolute atomic E-state index is 13.3. The number of hydrogen-bond acceptors (Lipinski definition) is 6. The van der Waals surface area contributed by atoms with Crippen LogP contribution < -0.4 is 15.4 Å². The molecule has 8 nitrogen and oxygen atoms in total. The van der Waals surface area contributed by atoms with Crippen LogP contribution in [0.2, 0.25) is 0 Å². The number of allylic oxidation sites excluding steroid dienone is 2. The number of carbonyl (C=O) groups excluding carboxylic acids is 3. The second kappa shape index (κ2) is 16.6. The third kappa shape index (κ3) is 11.2. The van der Waals surface area contributed by atoms with Crippen molar-refractivity contribution in [2.45, 2.75) is 64.1 Å². The van der Waals surface area contributed by atoms with E-state index in [1.54, 1.807) is 13.8 Å². The zero-order valence-electron chi connectivity index (χ0n) is 26.1. The molecule has 238 valence electrons. The van der Waals surface area contributed by atoms with E-state index in [4.69, 9.17) is 9.47 Å². The third-order valence-electron chi connectivity index (χ3n) is 7.74. The van der Waals surface area contributed by atoms with Gasteiger partial charge in [-0.3, -0.25) is 14.4 Å². The fraction of sp³-hybridized carbons (Fsp3) is 0.378. The highest BCUT2D eigenvalue weighted by atomic mass is 16.5. The van der Waals surface area contributed by atoms with Crippen LogP contribution in [0.15, 0.2) is 97.1 Å². The van der Waals surface area contributed by atoms with Crippen LogP contribution in [0, 0.1) is 11.8 Å². The van der Waals surface area contributed by atoms with Crippen LogP contribution in [-0.4, -0.2) is 47.7 Å². The highest BCUT2D eigenvalue weighted by molar-refractivity contribution is 5.86. The standard InChI is InChI=1S/C37H44N2O6/c1-37(2)26-45-36(43)31(21-27-11-5-3-6-12-27)16-10-9-15-30(35(42)39-37)23-34(41)38-32(24-40)22-28-17-19-33(20-18-28)44-25-29-13-7-4-8-14-29/h3-14,17-20,30-32,40H,15-16,21-26H2,1-2H3,(H,38,41)(H,39,42)/t30-,31+,32+/m1/s1. The normalized spacial score (nSPS) is 19.3. The summed E-state index contributed by atoms with van der Waals surface area (Å²) in [7, 11) is 0. The Morgan fingerprint density at radius 2 is 1.53 bits per heavy atom. The van der Waals surface area contributed by atoms with Crippen LogP contribution >= 0.6 is 0 Å². The number of benzene rings is 3. The maximum Gasteiger partial charge on any atom is 0.309 e. The minimum atomic E-state index is -0.813. The molecule has 45 heavy (non-hydrogen) atoms. The van der Waals surface area contributed by atoms with Gasteiger partial charge in [-0.25, -0.2) is 0 Å². The molecular formula is C37H44N2O6. The summed E-state index contributed by atoms with van der Waals surface area (Å²) in [4.78, 5) is 39.3. The third-order valence-corrected chi connectivity index (χ3v) is 7.74. The van der Waals surface area contributed by atoms with Gasteiger partial charge in [-0.15, -0.1) is 0 Å². The van der Waals surface area contributed by atoms with Crippen LogP contribution in [0.3, 0.4) is 0 Å². The van der Waals surface area contributed by atoms with Gasteiger partial charge in [0.1, 0.15) is 19.0 Å². The summed E-state index contributed by atoms with van der Waals surface area (Å²) < 4.78 is 11.5. The molecule has 0 bridgehead atoms. The van der Waals surface area contributed by atoms with E-state index in [1.165, 1.54) is 0 Å². The van der Waals surface area contributed by atoms with E-state index in [1.807, 2.05) is 97.1 Å². The topological polar surface area (TPSA) is 114 Å². The molecule has 0 saturated heterocycles. The van der Waals surface area contributed by atoms with Gasteiger partial charge < -0.3 is 25.2 Å². The van der Waals surface area contributed by atoms with E-state index in [-0.39, 0.29) is 43.3 Å². The first-order valence-electron chi connectivity index (χ1n) is 15.5. The van der Waals surface area contributed by atoms with Crippen molar-refractivity contribution < 1.29 is 29.0 Å². The first-order chi connectivity index (χ1) is 21.7. The molecular weight excluding hydrogens is 568 g/mol. The lowest BCUT2D eigenvalue weighted by molar-refractivity contribution is -0.151. The van der Waals surface area contributed by atoms with Crippen LogP contribution in [0.1, 0.15) is 49.8 Å². The highest BCUT2D eigenvalue weighted by Gasteiger charge is 2.30. The zero-order chi connectivity index (χ0) is 32.1. The largest absolute Gasteiger partial charge is 0.489 e. The van der Waals surface area contributed by atoms with Crippen molar-refractivity contribution in [2.24, 2.45) is 11.8 Å². The molecule has 0 spiro atoms. The average Bonchev–Trinajstić information content (AvgIpc) is 3.04. The molecule has 0 saturated carbocycles. The van der Waals surface area contributed by atoms with Gasteiger partial charge in [0.25, 0.3) is 0 Å². The highest BCUT2D eigenvalue weighted by Crippen LogP contribution is 2.20. The minimum Gasteiger partial charge on any atom is -0.489 e. The number of nitrogens with one attached hydrogen (secondary N) is 2. The van der Waals surface area contributed by atoms with Gasteiger partial charge in [0.05, 0.1) is 30.0 Å². The van der Waals surface area contributed by atoms with Crippen molar-refractivity contribution in [1.82, 2.24) is 10.6 Å². The predicted octanol–water partition coefficient (Wildman–Crippen LogP) is 4.94. The Morgan fingerprint density at radius 1 is 0.911 bits per heavy atom. The number of aliphatic hydroxyl groups is 1. The Bertz CT molecular complexity index is 1410. The lowest BCUT2D eigenvalue weighted by Gasteiger charge is -2.29. The van der Waals surface area contributed by atoms with Gasteiger partial charge in [-0.05, 0) is 68.4 Å². The number of ether oxygens (including phenoxy) is 2. The van der Waals surface area contributed by atoms with E-state index in [0.717, 1.165) is 22.4 Å². The summed E-state index contributed by atoms with van der Waals surface area (Å²) in [5, 5.41) is 15.9. The molecule has 1 heterocycles. The van der Waals surface area contributed by atoms with Gasteiger partial charge in [-0.2, -0.15) is 0 Å². The molecule has 1 aliphatic heterocycles. The van der Waals surface area contributed by atoms with Gasteiger partial charge in [0.15, 0.2) is 0 Å². The summed E-state index contributed by atoms with van der Waals surface area (Å²) in [5.41, 5.74) is 2.25. The number of rotatable bonds is 11. The van der Waals surface area contributed by atoms with Gasteiger partial charge >= 0.3 is 5.97 Å². The summed E-state index contributed by atoms with van der Waals surface area (Å²) in [5.74, 6) is -1.15. The Labute approximate surface area is 265 Å². The fourth-order valence-electron chi connectivity index (χ4n) is 5.23. The molecule has 1 aliphatic rings. The number of carbonyl (C=O) groups is 3. The van der Waals surface area contributed by atoms with Gasteiger partial charge in [0, 0.05) is 6.42 Å². The number of aliphatic hydroxyl groups excluding tert-OH is 1. The van der Waals surface area contributed by atoms with Crippen molar-refractivity contribution in [2.75, 3.05) is 13.2 Å². The van der Waals surface area contributed by atoms with Crippen molar-refractivity contribution in [3.05, 3.63) is 114 Å². The molecule has 2 amide bonds. The molecule has 3 aromatic carbocycles. The van der Waals surface area contributed by atoms with Crippen molar-refractivity contribution in [1.29, 1.82) is 0 Å². The summed E-state index contributed by atoms with van der Waals surface area (Å²) in [6, 6.07) is 26.8. The van der Waals surface area contributed by atoms with Crippen LogP contribution in [0.25, 0.3) is 0 Å². The molecule has 4 rings (SSSR count). The predicted molar refractivity (Wildman–Crippen MR) is 173 cm³/mol. The second-order valence-electron chi connectivity index (χ2n) is 12.3. The molecule has 3 N–H and O–H groups in total. The van der Waals surface area contributed by atoms with Crippen LogP contribution in [0.5, 0.6) is 5.75 Å². The molecule has 0 aromatic heterocycles. The quantitative estimate of drug-likeness (QED) is 0.209. The number of cyclic esters (lactones) is 1. The van der Waals surface area contributed by atoms with E-state index >= 15 is 0 Å². The zero-order valence-corrected chi connectivity index (χ0v) is 26.1. The van der Waals surface area contributed by atoms with Gasteiger partial charge in [-0.1, -0.05) is 84.9 Å². The number of hydrogen-bond donors (Lipinski definition) is 3. The van der Waals surface area contributed by atoms with E-state index in [9.17, 15) is 19.5 Å².